The first-order valence-corrected chi connectivity index (χ1v) is 5.41. The molecule has 76 valence electrons. The lowest BCUT2D eigenvalue weighted by Crippen LogP contribution is -2.56. The monoisotopic (exact) mass is 195 g/mol. The molecule has 4 atom stereocenters. The Hall–Kier alpha value is -0.690. The normalized spacial score (nSPS) is 54.4. The number of halogens is 1. The van der Waals surface area contributed by atoms with Gasteiger partial charge in [-0.05, 0) is 43.9 Å². The molecular weight excluding hydrogens is 181 g/mol. The molecular formula is C11H14FNO. The summed E-state index contributed by atoms with van der Waals surface area (Å²) in [5.74, 6) is 0.941. The van der Waals surface area contributed by atoms with E-state index in [4.69, 9.17) is 0 Å². The zero-order valence-electron chi connectivity index (χ0n) is 8.13. The van der Waals surface area contributed by atoms with Gasteiger partial charge in [0, 0.05) is 6.42 Å². The molecule has 3 heteroatoms. The highest BCUT2D eigenvalue weighted by Crippen LogP contribution is 2.60. The van der Waals surface area contributed by atoms with Crippen LogP contribution in [0.5, 0.6) is 0 Å². The first kappa shape index (κ1) is 8.60. The molecule has 4 fully saturated rings. The van der Waals surface area contributed by atoms with Crippen LogP contribution in [0.1, 0.15) is 38.5 Å². The molecule has 0 aliphatic heterocycles. The van der Waals surface area contributed by atoms with Gasteiger partial charge in [0.1, 0.15) is 5.67 Å². The molecule has 4 aliphatic carbocycles. The molecule has 2 nitrogen and oxygen atoms in total. The fourth-order valence-corrected chi connectivity index (χ4v) is 4.33. The zero-order chi connectivity index (χ0) is 9.81. The van der Waals surface area contributed by atoms with Crippen molar-refractivity contribution >= 4 is 6.08 Å². The zero-order valence-corrected chi connectivity index (χ0v) is 8.13. The third-order valence-corrected chi connectivity index (χ3v) is 4.24. The molecule has 14 heavy (non-hydrogen) atoms. The minimum absolute atomic E-state index is 0.361. The second kappa shape index (κ2) is 2.46. The summed E-state index contributed by atoms with van der Waals surface area (Å²) in [4.78, 5) is 14.3. The van der Waals surface area contributed by atoms with E-state index in [1.807, 2.05) is 0 Å². The van der Waals surface area contributed by atoms with E-state index in [2.05, 4.69) is 4.99 Å². The van der Waals surface area contributed by atoms with Gasteiger partial charge in [0.25, 0.3) is 0 Å². The van der Waals surface area contributed by atoms with Gasteiger partial charge in [-0.2, -0.15) is 4.99 Å². The minimum atomic E-state index is -1.01. The molecule has 0 radical (unpaired) electrons. The molecule has 4 bridgehead atoms. The van der Waals surface area contributed by atoms with Gasteiger partial charge in [0.15, 0.2) is 0 Å². The summed E-state index contributed by atoms with van der Waals surface area (Å²) >= 11 is 0. The number of rotatable bonds is 1. The maximum absolute atomic E-state index is 14.3. The van der Waals surface area contributed by atoms with Gasteiger partial charge in [0.2, 0.25) is 6.08 Å². The predicted octanol–water partition coefficient (Wildman–Crippen LogP) is 2.38. The van der Waals surface area contributed by atoms with Gasteiger partial charge in [-0.3, -0.25) is 0 Å². The highest BCUT2D eigenvalue weighted by atomic mass is 19.1. The van der Waals surface area contributed by atoms with Crippen LogP contribution in [0.25, 0.3) is 0 Å². The fraction of sp³-hybridized carbons (Fsp3) is 0.909. The Bertz CT molecular complexity index is 307. The Morgan fingerprint density at radius 2 is 1.86 bits per heavy atom. The lowest BCUT2D eigenvalue weighted by Gasteiger charge is -2.56. The average Bonchev–Trinajstić information content (AvgIpc) is 1.97. The molecule has 0 spiro atoms. The third-order valence-electron chi connectivity index (χ3n) is 4.24. The molecule has 0 amide bonds. The van der Waals surface area contributed by atoms with E-state index in [1.165, 1.54) is 0 Å². The summed E-state index contributed by atoms with van der Waals surface area (Å²) < 4.78 is 14.3. The van der Waals surface area contributed by atoms with Crippen molar-refractivity contribution in [1.29, 1.82) is 0 Å². The maximum Gasteiger partial charge on any atom is 0.235 e. The van der Waals surface area contributed by atoms with Gasteiger partial charge < -0.3 is 0 Å². The summed E-state index contributed by atoms with van der Waals surface area (Å²) in [5.41, 5.74) is -1.37. The van der Waals surface area contributed by atoms with Crippen LogP contribution in [-0.4, -0.2) is 17.3 Å². The Balaban J connectivity index is 2.00. The molecule has 0 heterocycles. The van der Waals surface area contributed by atoms with Gasteiger partial charge in [-0.15, -0.1) is 0 Å². The molecule has 0 saturated heterocycles. The number of hydrogen-bond donors (Lipinski definition) is 0. The van der Waals surface area contributed by atoms with Crippen molar-refractivity contribution in [2.45, 2.75) is 49.7 Å². The van der Waals surface area contributed by atoms with Gasteiger partial charge >= 0.3 is 0 Å². The fourth-order valence-electron chi connectivity index (χ4n) is 4.33. The number of alkyl halides is 1. The van der Waals surface area contributed by atoms with E-state index in [-0.39, 0.29) is 5.54 Å². The maximum atomic E-state index is 14.3. The van der Waals surface area contributed by atoms with Crippen LogP contribution in [0.4, 0.5) is 4.39 Å². The van der Waals surface area contributed by atoms with E-state index >= 15 is 0 Å². The van der Waals surface area contributed by atoms with Gasteiger partial charge in [-0.25, -0.2) is 9.18 Å². The SMILES string of the molecule is O=C=NC12C[C@@H]3C[C@@H](CC(F)(C3)C1)C2. The van der Waals surface area contributed by atoms with Crippen molar-refractivity contribution in [3.05, 3.63) is 0 Å². The summed E-state index contributed by atoms with van der Waals surface area (Å²) in [6.07, 6.45) is 6.54. The molecule has 0 aromatic carbocycles. The van der Waals surface area contributed by atoms with E-state index in [9.17, 15) is 9.18 Å². The minimum Gasteiger partial charge on any atom is -0.244 e. The van der Waals surface area contributed by atoms with Crippen LogP contribution in [-0.2, 0) is 4.79 Å². The van der Waals surface area contributed by atoms with Crippen molar-refractivity contribution in [1.82, 2.24) is 0 Å². The molecule has 4 aliphatic rings. The first-order valence-electron chi connectivity index (χ1n) is 5.41. The van der Waals surface area contributed by atoms with E-state index in [0.717, 1.165) is 19.3 Å². The summed E-state index contributed by atoms with van der Waals surface area (Å²) in [6, 6.07) is 0. The van der Waals surface area contributed by atoms with Crippen molar-refractivity contribution in [3.63, 3.8) is 0 Å². The van der Waals surface area contributed by atoms with Crippen LogP contribution < -0.4 is 0 Å². The number of carbonyl (C=O) groups excluding carboxylic acids is 1. The summed E-state index contributed by atoms with van der Waals surface area (Å²) in [5, 5.41) is 0. The molecule has 0 aromatic rings. The second-order valence-corrected chi connectivity index (χ2v) is 5.54. The van der Waals surface area contributed by atoms with Crippen LogP contribution in [0.3, 0.4) is 0 Å². The Labute approximate surface area is 82.6 Å². The lowest BCUT2D eigenvalue weighted by molar-refractivity contribution is -0.0838. The molecule has 4 saturated carbocycles. The van der Waals surface area contributed by atoms with E-state index in [1.54, 1.807) is 6.08 Å². The smallest absolute Gasteiger partial charge is 0.235 e. The van der Waals surface area contributed by atoms with Crippen molar-refractivity contribution < 1.29 is 9.18 Å². The molecule has 4 rings (SSSR count). The predicted molar refractivity (Wildman–Crippen MR) is 49.4 cm³/mol. The molecule has 0 aromatic heterocycles. The Morgan fingerprint density at radius 1 is 1.21 bits per heavy atom. The van der Waals surface area contributed by atoms with Gasteiger partial charge in [-0.1, -0.05) is 0 Å². The number of isocyanates is 1. The second-order valence-electron chi connectivity index (χ2n) is 5.54. The number of hydrogen-bond acceptors (Lipinski definition) is 2. The van der Waals surface area contributed by atoms with Crippen LogP contribution in [0, 0.1) is 11.8 Å². The average molecular weight is 195 g/mol. The van der Waals surface area contributed by atoms with E-state index in [0.29, 0.717) is 31.1 Å². The van der Waals surface area contributed by atoms with Crippen molar-refractivity contribution in [2.24, 2.45) is 16.8 Å². The molecule has 2 unspecified atom stereocenters. The largest absolute Gasteiger partial charge is 0.244 e. The highest BCUT2D eigenvalue weighted by Gasteiger charge is 2.58. The van der Waals surface area contributed by atoms with Crippen molar-refractivity contribution in [2.75, 3.05) is 0 Å². The Kier molecular flexibility index (Phi) is 1.51. The van der Waals surface area contributed by atoms with Crippen LogP contribution in [0.15, 0.2) is 4.99 Å². The van der Waals surface area contributed by atoms with Crippen molar-refractivity contribution in [3.8, 4) is 0 Å². The molecule has 0 N–H and O–H groups in total. The summed E-state index contributed by atoms with van der Waals surface area (Å²) in [6.45, 7) is 0. The highest BCUT2D eigenvalue weighted by molar-refractivity contribution is 5.36. The number of nitrogens with zero attached hydrogens (tertiary/aromatic N) is 1. The number of aliphatic imine (C=N–C) groups is 1. The van der Waals surface area contributed by atoms with E-state index < -0.39 is 5.67 Å². The topological polar surface area (TPSA) is 29.4 Å². The Morgan fingerprint density at radius 3 is 2.36 bits per heavy atom. The van der Waals surface area contributed by atoms with Crippen LogP contribution in [0.2, 0.25) is 0 Å². The first-order chi connectivity index (χ1) is 6.63. The third kappa shape index (κ3) is 1.08. The quantitative estimate of drug-likeness (QED) is 0.466. The summed E-state index contributed by atoms with van der Waals surface area (Å²) in [7, 11) is 0. The van der Waals surface area contributed by atoms with Gasteiger partial charge in [0.05, 0.1) is 5.54 Å². The van der Waals surface area contributed by atoms with Crippen LogP contribution >= 0.6 is 0 Å². The standard InChI is InChI=1S/C11H14FNO/c12-10-2-8-1-9(3-10)5-11(4-8,6-10)13-7-14/h8-9H,1-6H2/t8-,9+,10?,11?. The lowest BCUT2D eigenvalue weighted by atomic mass is 9.52.